The van der Waals surface area contributed by atoms with Gasteiger partial charge in [-0.15, -0.1) is 11.8 Å². The third kappa shape index (κ3) is 4.72. The Balaban J connectivity index is 2.06. The Bertz CT molecular complexity index is 909. The van der Waals surface area contributed by atoms with Gasteiger partial charge in [-0.05, 0) is 47.9 Å². The molecule has 1 heterocycles. The number of nitrogens with zero attached hydrogens (tertiary/aromatic N) is 1. The Morgan fingerprint density at radius 1 is 1.27 bits per heavy atom. The van der Waals surface area contributed by atoms with Crippen LogP contribution in [0.5, 0.6) is 0 Å². The molecule has 2 N–H and O–H groups in total. The summed E-state index contributed by atoms with van der Waals surface area (Å²) < 4.78 is 11.9. The molecule has 0 aromatic heterocycles. The maximum absolute atomic E-state index is 10.4. The van der Waals surface area contributed by atoms with Crippen molar-refractivity contribution < 1.29 is 19.7 Å². The van der Waals surface area contributed by atoms with Crippen LogP contribution in [0.15, 0.2) is 41.3 Å². The Morgan fingerprint density at radius 3 is 2.53 bits per heavy atom. The predicted molar refractivity (Wildman–Crippen MR) is 117 cm³/mol. The maximum Gasteiger partial charge on any atom is 0.197 e. The minimum Gasteiger partial charge on any atom is -0.394 e. The van der Waals surface area contributed by atoms with Gasteiger partial charge in [0.2, 0.25) is 0 Å². The van der Waals surface area contributed by atoms with E-state index in [1.54, 1.807) is 7.11 Å². The summed E-state index contributed by atoms with van der Waals surface area (Å²) in [6, 6.07) is 14.6. The molecule has 0 radical (unpaired) electrons. The predicted octanol–water partition coefficient (Wildman–Crippen LogP) is 3.76. The van der Waals surface area contributed by atoms with Crippen molar-refractivity contribution in [3.05, 3.63) is 64.2 Å². The molecule has 1 fully saturated rings. The van der Waals surface area contributed by atoms with E-state index in [0.717, 1.165) is 28.0 Å². The second-order valence-corrected chi connectivity index (χ2v) is 8.49. The second-order valence-electron chi connectivity index (χ2n) is 7.64. The number of aliphatic hydroxyl groups excluding tert-OH is 2. The number of benzene rings is 2. The number of aliphatic hydroxyl groups is 2. The Morgan fingerprint density at radius 2 is 1.97 bits per heavy atom. The van der Waals surface area contributed by atoms with Gasteiger partial charge < -0.3 is 19.7 Å². The Hall–Kier alpha value is -1.88. The van der Waals surface area contributed by atoms with E-state index in [0.29, 0.717) is 18.4 Å². The lowest BCUT2D eigenvalue weighted by atomic mass is 9.89. The third-order valence-corrected chi connectivity index (χ3v) is 6.47. The summed E-state index contributed by atoms with van der Waals surface area (Å²) in [5.74, 6) is -1.16. The summed E-state index contributed by atoms with van der Waals surface area (Å²) in [5.41, 5.74) is 4.69. The number of nitriles is 1. The highest BCUT2D eigenvalue weighted by Crippen LogP contribution is 2.41. The normalized spacial score (nSPS) is 23.9. The minimum atomic E-state index is -1.16. The van der Waals surface area contributed by atoms with E-state index < -0.39 is 18.0 Å². The Kier molecular flexibility index (Phi) is 7.56. The largest absolute Gasteiger partial charge is 0.394 e. The summed E-state index contributed by atoms with van der Waals surface area (Å²) >= 11 is 1.50. The first kappa shape index (κ1) is 22.8. The van der Waals surface area contributed by atoms with Gasteiger partial charge in [0, 0.05) is 30.4 Å². The van der Waals surface area contributed by atoms with Crippen LogP contribution >= 0.6 is 11.8 Å². The van der Waals surface area contributed by atoms with Crippen molar-refractivity contribution in [1.29, 1.82) is 5.26 Å². The highest BCUT2D eigenvalue weighted by Gasteiger charge is 2.43. The van der Waals surface area contributed by atoms with Gasteiger partial charge in [0.1, 0.15) is 6.07 Å². The quantitative estimate of drug-likeness (QED) is 0.655. The second kappa shape index (κ2) is 9.95. The average Bonchev–Trinajstić information content (AvgIpc) is 2.78. The molecule has 0 spiro atoms. The lowest BCUT2D eigenvalue weighted by Gasteiger charge is -2.42. The molecule has 6 heteroatoms. The van der Waals surface area contributed by atoms with Crippen LogP contribution in [0.4, 0.5) is 0 Å². The maximum atomic E-state index is 10.4. The van der Waals surface area contributed by atoms with E-state index in [-0.39, 0.29) is 13.0 Å². The smallest absolute Gasteiger partial charge is 0.197 e. The van der Waals surface area contributed by atoms with Crippen LogP contribution in [0.2, 0.25) is 0 Å². The molecule has 2 aromatic carbocycles. The standard InChI is InChI=1S/C24H29NO4S/c1-4-16-5-7-17(8-6-16)9-18-10-19(11-23(30-3)22(18)14-25)24(28-2)13-20(27)12-21(15-26)29-24/h5-8,10-11,20-21,26-27H,4,9,12-13,15H2,1-3H3. The molecule has 160 valence electrons. The first-order valence-electron chi connectivity index (χ1n) is 10.2. The SMILES string of the molecule is CCc1ccc(Cc2cc(C3(OC)CC(O)CC(CO)O3)cc(SC)c2C#N)cc1. The van der Waals surface area contributed by atoms with Gasteiger partial charge in [-0.2, -0.15) is 5.26 Å². The molecule has 3 rings (SSSR count). The lowest BCUT2D eigenvalue weighted by Crippen LogP contribution is -2.46. The summed E-state index contributed by atoms with van der Waals surface area (Å²) in [4.78, 5) is 0.843. The van der Waals surface area contributed by atoms with Crippen LogP contribution in [-0.4, -0.2) is 42.4 Å². The van der Waals surface area contributed by atoms with E-state index in [1.807, 2.05) is 18.4 Å². The highest BCUT2D eigenvalue weighted by atomic mass is 32.2. The zero-order valence-electron chi connectivity index (χ0n) is 17.7. The van der Waals surface area contributed by atoms with Crippen molar-refractivity contribution in [3.63, 3.8) is 0 Å². The number of hydrogen-bond acceptors (Lipinski definition) is 6. The molecule has 0 amide bonds. The molecule has 1 aliphatic rings. The fourth-order valence-electron chi connectivity index (χ4n) is 4.04. The number of rotatable bonds is 7. The van der Waals surface area contributed by atoms with Gasteiger partial charge in [-0.25, -0.2) is 0 Å². The van der Waals surface area contributed by atoms with Crippen molar-refractivity contribution in [2.75, 3.05) is 20.0 Å². The monoisotopic (exact) mass is 427 g/mol. The molecule has 30 heavy (non-hydrogen) atoms. The minimum absolute atomic E-state index is 0.190. The fourth-order valence-corrected chi connectivity index (χ4v) is 4.67. The molecule has 0 saturated carbocycles. The van der Waals surface area contributed by atoms with Crippen LogP contribution in [-0.2, 0) is 28.1 Å². The number of ether oxygens (including phenoxy) is 2. The molecule has 2 aromatic rings. The summed E-state index contributed by atoms with van der Waals surface area (Å²) in [6.07, 6.45) is 3.01. The Labute approximate surface area is 182 Å². The van der Waals surface area contributed by atoms with Crippen LogP contribution in [0.1, 0.15) is 47.6 Å². The van der Waals surface area contributed by atoms with Gasteiger partial charge in [0.05, 0.1) is 24.4 Å². The van der Waals surface area contributed by atoms with E-state index in [4.69, 9.17) is 9.47 Å². The van der Waals surface area contributed by atoms with Crippen molar-refractivity contribution in [1.82, 2.24) is 0 Å². The van der Waals surface area contributed by atoms with Crippen molar-refractivity contribution in [2.24, 2.45) is 0 Å². The number of hydrogen-bond donors (Lipinski definition) is 2. The molecule has 1 aliphatic heterocycles. The molecule has 0 aliphatic carbocycles. The van der Waals surface area contributed by atoms with Gasteiger partial charge in [0.15, 0.2) is 5.79 Å². The number of methoxy groups -OCH3 is 1. The van der Waals surface area contributed by atoms with E-state index in [9.17, 15) is 15.5 Å². The van der Waals surface area contributed by atoms with Gasteiger partial charge in [-0.1, -0.05) is 31.2 Å². The number of thioether (sulfide) groups is 1. The van der Waals surface area contributed by atoms with Crippen LogP contribution in [0, 0.1) is 11.3 Å². The van der Waals surface area contributed by atoms with Crippen LogP contribution < -0.4 is 0 Å². The van der Waals surface area contributed by atoms with Crippen LogP contribution in [0.25, 0.3) is 0 Å². The number of aryl methyl sites for hydroxylation is 1. The zero-order valence-corrected chi connectivity index (χ0v) is 18.5. The summed E-state index contributed by atoms with van der Waals surface area (Å²) in [5, 5.41) is 29.8. The first-order valence-corrected chi connectivity index (χ1v) is 11.4. The third-order valence-electron chi connectivity index (χ3n) is 5.71. The molecular weight excluding hydrogens is 398 g/mol. The fraction of sp³-hybridized carbons (Fsp3) is 0.458. The average molecular weight is 428 g/mol. The lowest BCUT2D eigenvalue weighted by molar-refractivity contribution is -0.299. The van der Waals surface area contributed by atoms with E-state index in [1.165, 1.54) is 17.3 Å². The van der Waals surface area contributed by atoms with Gasteiger partial charge in [-0.3, -0.25) is 0 Å². The molecule has 3 atom stereocenters. The summed E-state index contributed by atoms with van der Waals surface area (Å²) in [7, 11) is 1.55. The van der Waals surface area contributed by atoms with E-state index in [2.05, 4.69) is 37.3 Å². The highest BCUT2D eigenvalue weighted by molar-refractivity contribution is 7.98. The molecule has 1 saturated heterocycles. The first-order chi connectivity index (χ1) is 14.5. The van der Waals surface area contributed by atoms with Gasteiger partial charge in [0.25, 0.3) is 0 Å². The van der Waals surface area contributed by atoms with Crippen molar-refractivity contribution >= 4 is 11.8 Å². The zero-order chi connectivity index (χ0) is 21.7. The van der Waals surface area contributed by atoms with Gasteiger partial charge >= 0.3 is 0 Å². The van der Waals surface area contributed by atoms with Crippen LogP contribution in [0.3, 0.4) is 0 Å². The van der Waals surface area contributed by atoms with Crippen molar-refractivity contribution in [3.8, 4) is 6.07 Å². The molecule has 5 nitrogen and oxygen atoms in total. The summed E-state index contributed by atoms with van der Waals surface area (Å²) in [6.45, 7) is 1.93. The van der Waals surface area contributed by atoms with Crippen molar-refractivity contribution in [2.45, 2.75) is 55.5 Å². The van der Waals surface area contributed by atoms with E-state index >= 15 is 0 Å². The molecular formula is C24H29NO4S. The topological polar surface area (TPSA) is 82.7 Å². The molecule has 0 bridgehead atoms. The molecule has 3 unspecified atom stereocenters.